The fourth-order valence-electron chi connectivity index (χ4n) is 13.5. The van der Waals surface area contributed by atoms with Gasteiger partial charge in [-0.2, -0.15) is 0 Å². The van der Waals surface area contributed by atoms with Crippen molar-refractivity contribution in [1.82, 2.24) is 0 Å². The summed E-state index contributed by atoms with van der Waals surface area (Å²) in [7, 11) is 1.61. The lowest BCUT2D eigenvalue weighted by Gasteiger charge is -2.66. The van der Waals surface area contributed by atoms with E-state index in [-0.39, 0.29) is 89.1 Å². The molecule has 9 heteroatoms. The number of aliphatic hydroxyl groups is 2. The van der Waals surface area contributed by atoms with Gasteiger partial charge in [0.15, 0.2) is 5.78 Å². The second-order valence-electron chi connectivity index (χ2n) is 16.4. The van der Waals surface area contributed by atoms with Gasteiger partial charge in [-0.3, -0.25) is 9.59 Å². The number of esters is 1. The Morgan fingerprint density at radius 1 is 1.02 bits per heavy atom. The first-order chi connectivity index (χ1) is 20.0. The van der Waals surface area contributed by atoms with Gasteiger partial charge in [0, 0.05) is 37.2 Å². The highest BCUT2D eigenvalue weighted by atomic mass is 16.8. The van der Waals surface area contributed by atoms with Crippen molar-refractivity contribution in [1.29, 1.82) is 0 Å². The Labute approximate surface area is 254 Å². The molecule has 2 N–H and O–H groups in total. The van der Waals surface area contributed by atoms with E-state index in [0.29, 0.717) is 6.42 Å². The molecule has 1 spiro atoms. The van der Waals surface area contributed by atoms with Gasteiger partial charge in [0.1, 0.15) is 35.8 Å². The number of Topliss-reactive ketones (excluding diaryl/α,β-unsaturated/α-hetero) is 1. The molecule has 0 aromatic carbocycles. The van der Waals surface area contributed by atoms with Crippen LogP contribution in [0.1, 0.15) is 61.8 Å². The number of ether oxygens (including phenoxy) is 5. The molecule has 3 saturated heterocycles. The van der Waals surface area contributed by atoms with Crippen molar-refractivity contribution >= 4 is 11.8 Å². The largest absolute Gasteiger partial charge is 0.461 e. The number of epoxide rings is 2. The van der Waals surface area contributed by atoms with Crippen LogP contribution in [0, 0.1) is 69.5 Å². The fourth-order valence-corrected chi connectivity index (χ4v) is 13.5. The maximum atomic E-state index is 14.6. The molecule has 3 aliphatic heterocycles. The predicted octanol–water partition coefficient (Wildman–Crippen LogP) is 3.10. The molecule has 8 aliphatic rings. The van der Waals surface area contributed by atoms with E-state index in [2.05, 4.69) is 41.2 Å². The van der Waals surface area contributed by atoms with Gasteiger partial charge in [0.05, 0.1) is 17.6 Å². The molecule has 3 heterocycles. The predicted molar refractivity (Wildman–Crippen MR) is 152 cm³/mol. The third-order valence-electron chi connectivity index (χ3n) is 15.6. The van der Waals surface area contributed by atoms with Crippen molar-refractivity contribution in [2.24, 2.45) is 69.5 Å². The third kappa shape index (κ3) is 2.79. The van der Waals surface area contributed by atoms with Crippen LogP contribution in [0.2, 0.25) is 0 Å². The Bertz CT molecular complexity index is 1330. The minimum atomic E-state index is -1.42. The number of aliphatic hydroxyl groups excluding tert-OH is 1. The number of carbonyl (C=O) groups excluding carboxylic acids is 2. The van der Waals surface area contributed by atoms with Crippen LogP contribution < -0.4 is 0 Å². The number of ketones is 1. The number of carbonyl (C=O) groups is 2. The van der Waals surface area contributed by atoms with Crippen LogP contribution in [0.5, 0.6) is 0 Å². The third-order valence-corrected chi connectivity index (χ3v) is 15.6. The molecule has 20 atom stereocenters. The average Bonchev–Trinajstić information content (AvgIpc) is 3.83. The molecule has 8 fully saturated rings. The second kappa shape index (κ2) is 8.06. The van der Waals surface area contributed by atoms with Gasteiger partial charge in [-0.15, -0.1) is 0 Å². The van der Waals surface area contributed by atoms with Gasteiger partial charge in [-0.05, 0) is 61.2 Å². The van der Waals surface area contributed by atoms with E-state index in [4.69, 9.17) is 23.7 Å². The zero-order valence-corrected chi connectivity index (χ0v) is 26.8. The highest BCUT2D eigenvalue weighted by Gasteiger charge is 2.91. The zero-order chi connectivity index (χ0) is 31.1. The summed E-state index contributed by atoms with van der Waals surface area (Å²) in [6.45, 7) is 20.5. The minimum Gasteiger partial charge on any atom is -0.461 e. The molecule has 9 nitrogen and oxygen atoms in total. The quantitative estimate of drug-likeness (QED) is 0.363. The lowest BCUT2D eigenvalue weighted by atomic mass is 9.38. The molecule has 0 aromatic heterocycles. The molecule has 0 bridgehead atoms. The molecule has 0 aromatic rings. The van der Waals surface area contributed by atoms with Crippen molar-refractivity contribution < 1.29 is 43.5 Å². The molecule has 8 rings (SSSR count). The monoisotopic (exact) mass is 600 g/mol. The molecule has 0 radical (unpaired) electrons. The lowest BCUT2D eigenvalue weighted by molar-refractivity contribution is -0.237. The highest BCUT2D eigenvalue weighted by molar-refractivity contribution is 5.88. The van der Waals surface area contributed by atoms with E-state index in [0.717, 1.165) is 0 Å². The molecular formula is C34H48O9. The van der Waals surface area contributed by atoms with E-state index < -0.39 is 45.9 Å². The Kier molecular flexibility index (Phi) is 5.42. The van der Waals surface area contributed by atoms with Gasteiger partial charge in [-0.25, -0.2) is 0 Å². The summed E-state index contributed by atoms with van der Waals surface area (Å²) >= 11 is 0. The van der Waals surface area contributed by atoms with Gasteiger partial charge in [0.2, 0.25) is 5.79 Å². The molecule has 43 heavy (non-hydrogen) atoms. The first-order valence-electron chi connectivity index (χ1n) is 16.3. The van der Waals surface area contributed by atoms with Crippen LogP contribution in [0.25, 0.3) is 0 Å². The Hall–Kier alpha value is -1.52. The summed E-state index contributed by atoms with van der Waals surface area (Å²) in [6, 6.07) is 0. The molecule has 238 valence electrons. The summed E-state index contributed by atoms with van der Waals surface area (Å²) in [5.41, 5.74) is -3.46. The molecule has 5 aliphatic carbocycles. The first-order valence-corrected chi connectivity index (χ1v) is 16.3. The molecule has 5 saturated carbocycles. The normalized spacial score (nSPS) is 65.5. The second-order valence-corrected chi connectivity index (χ2v) is 16.4. The van der Waals surface area contributed by atoms with Gasteiger partial charge >= 0.3 is 5.97 Å². The van der Waals surface area contributed by atoms with Crippen LogP contribution in [0.15, 0.2) is 12.3 Å². The summed E-state index contributed by atoms with van der Waals surface area (Å²) in [5, 5.41) is 24.9. The van der Waals surface area contributed by atoms with E-state index >= 15 is 0 Å². The van der Waals surface area contributed by atoms with Crippen LogP contribution in [-0.2, 0) is 33.3 Å². The zero-order valence-electron chi connectivity index (χ0n) is 26.8. The Morgan fingerprint density at radius 2 is 1.70 bits per heavy atom. The van der Waals surface area contributed by atoms with Crippen LogP contribution in [0.3, 0.4) is 0 Å². The van der Waals surface area contributed by atoms with Crippen molar-refractivity contribution in [3.8, 4) is 0 Å². The van der Waals surface area contributed by atoms with Crippen molar-refractivity contribution in [3.63, 3.8) is 0 Å². The number of rotatable bonds is 2. The number of hydrogen-bond donors (Lipinski definition) is 2. The molecule has 4 unspecified atom stereocenters. The minimum absolute atomic E-state index is 0.0117. The van der Waals surface area contributed by atoms with Gasteiger partial charge in [0.25, 0.3) is 0 Å². The van der Waals surface area contributed by atoms with Crippen molar-refractivity contribution in [2.75, 3.05) is 7.11 Å². The molecule has 0 amide bonds. The maximum Gasteiger partial charge on any atom is 0.303 e. The number of methoxy groups -OCH3 is 1. The fraction of sp³-hybridized carbons (Fsp3) is 0.882. The van der Waals surface area contributed by atoms with Crippen LogP contribution >= 0.6 is 0 Å². The van der Waals surface area contributed by atoms with Gasteiger partial charge in [-0.1, -0.05) is 41.2 Å². The summed E-state index contributed by atoms with van der Waals surface area (Å²) < 4.78 is 31.0. The summed E-state index contributed by atoms with van der Waals surface area (Å²) in [5.74, 6) is -2.26. The first kappa shape index (κ1) is 28.9. The topological polar surface area (TPSA) is 127 Å². The summed E-state index contributed by atoms with van der Waals surface area (Å²) in [4.78, 5) is 27.0. The Morgan fingerprint density at radius 3 is 2.33 bits per heavy atom. The highest BCUT2D eigenvalue weighted by Crippen LogP contribution is 2.82. The van der Waals surface area contributed by atoms with E-state index in [1.165, 1.54) is 6.92 Å². The number of fused-ring (bicyclic) bond motifs is 9. The summed E-state index contributed by atoms with van der Waals surface area (Å²) in [6.07, 6.45) is -2.06. The van der Waals surface area contributed by atoms with Crippen LogP contribution in [0.4, 0.5) is 0 Å². The SMILES string of the molecule is C=C1O[C@@]23O[C@@H]2[C@@H](C)[C@H]2[C@@H]([C@H](O)[C@H]4C5C(OC)C(=O)[C@H]6C[C@@H]7O[C@@H]7[C@H](OC(C)=O)[C@]6(C)C5C(C)[C@H](C)[C@]24C)[C@@]3(C)[C@]1(C)O. The van der Waals surface area contributed by atoms with Crippen molar-refractivity contribution in [2.45, 2.75) is 110 Å². The average molecular weight is 601 g/mol. The van der Waals surface area contributed by atoms with E-state index in [1.807, 2.05) is 6.92 Å². The number of hydrogen-bond acceptors (Lipinski definition) is 9. The Balaban J connectivity index is 1.32. The maximum absolute atomic E-state index is 14.6. The van der Waals surface area contributed by atoms with Gasteiger partial charge < -0.3 is 33.9 Å². The van der Waals surface area contributed by atoms with Crippen molar-refractivity contribution in [3.05, 3.63) is 12.3 Å². The lowest BCUT2D eigenvalue weighted by Crippen LogP contribution is -2.71. The standard InChI is InChI=1S/C34H48O9/c1-12-14(3)30(6)21-13(2)28-34(43-28)32(8,33(9,38)15(4)42-34)23(21)25(37)22(30)19-20(12)31(7)17(24(36)27(19)39-10)11-18-26(41-18)29(31)40-16(5)35/h12-14,17-23,25-29,37-38H,4,11H2,1-3,5-10H3/t12?,13-,14-,17+,18-,19?,20?,21-,22+,23-,25+,26-,27?,28+,29-,30+,31-,32-,33+,34+/m0/s1. The van der Waals surface area contributed by atoms with E-state index in [1.54, 1.807) is 14.0 Å². The molecular weight excluding hydrogens is 552 g/mol. The smallest absolute Gasteiger partial charge is 0.303 e. The van der Waals surface area contributed by atoms with E-state index in [9.17, 15) is 19.8 Å². The van der Waals surface area contributed by atoms with Crippen LogP contribution in [-0.4, -0.2) is 77.1 Å².